The van der Waals surface area contributed by atoms with Crippen LogP contribution in [0.25, 0.3) is 10.9 Å². The molecule has 1 N–H and O–H groups in total. The number of aromatic nitrogens is 2. The maximum atomic E-state index is 11.1. The minimum atomic E-state index is -3.78. The van der Waals surface area contributed by atoms with Gasteiger partial charge in [-0.25, -0.2) is 8.42 Å². The summed E-state index contributed by atoms with van der Waals surface area (Å²) in [4.78, 5) is 6.51. The Balaban J connectivity index is 2.94. The largest absolute Gasteiger partial charge is 0.359 e. The second kappa shape index (κ2) is 3.12. The maximum Gasteiger partial charge on any atom is 0.263 e. The van der Waals surface area contributed by atoms with Crippen LogP contribution < -0.4 is 0 Å². The Kier molecular flexibility index (Phi) is 2.17. The van der Waals surface area contributed by atoms with Crippen molar-refractivity contribution in [2.45, 2.75) is 4.90 Å². The molecule has 2 aromatic heterocycles. The van der Waals surface area contributed by atoms with Crippen molar-refractivity contribution in [3.63, 3.8) is 0 Å². The second-order valence-electron chi connectivity index (χ2n) is 2.63. The van der Waals surface area contributed by atoms with Crippen molar-refractivity contribution in [2.75, 3.05) is 0 Å². The fraction of sp³-hybridized carbons (Fsp3) is 0. The van der Waals surface area contributed by atoms with E-state index < -0.39 is 9.05 Å². The van der Waals surface area contributed by atoms with Gasteiger partial charge in [0.1, 0.15) is 4.90 Å². The van der Waals surface area contributed by atoms with Gasteiger partial charge in [0.15, 0.2) is 0 Å². The number of hydrogen-bond acceptors (Lipinski definition) is 3. The lowest BCUT2D eigenvalue weighted by atomic mass is 10.3. The molecule has 2 rings (SSSR count). The summed E-state index contributed by atoms with van der Waals surface area (Å²) in [6, 6.07) is 0. The number of halogens is 2. The first-order chi connectivity index (χ1) is 6.50. The van der Waals surface area contributed by atoms with Crippen LogP contribution >= 0.6 is 22.3 Å². The lowest BCUT2D eigenvalue weighted by Gasteiger charge is -1.95. The molecule has 0 aliphatic rings. The molecule has 0 spiro atoms. The van der Waals surface area contributed by atoms with E-state index in [9.17, 15) is 8.42 Å². The number of hydrogen-bond donors (Lipinski definition) is 1. The summed E-state index contributed by atoms with van der Waals surface area (Å²) in [5, 5.41) is 0.625. The third-order valence-electron chi connectivity index (χ3n) is 1.77. The van der Waals surface area contributed by atoms with E-state index in [1.807, 2.05) is 0 Å². The molecule has 0 amide bonds. The summed E-state index contributed by atoms with van der Waals surface area (Å²) in [5.74, 6) is 0. The molecule has 0 aliphatic carbocycles. The normalized spacial score (nSPS) is 12.1. The quantitative estimate of drug-likeness (QED) is 0.790. The summed E-state index contributed by atoms with van der Waals surface area (Å²) in [7, 11) is 1.44. The summed E-state index contributed by atoms with van der Waals surface area (Å²) in [5.41, 5.74) is 0.539. The van der Waals surface area contributed by atoms with E-state index in [2.05, 4.69) is 9.97 Å². The average Bonchev–Trinajstić information content (AvgIpc) is 2.47. The highest BCUT2D eigenvalue weighted by molar-refractivity contribution is 8.14. The van der Waals surface area contributed by atoms with Gasteiger partial charge in [0, 0.05) is 28.5 Å². The standard InChI is InChI=1S/C7H4Cl2N2O2S/c8-4-1-10-2-5-7(4)6(3-11-5)14(9,12)13/h1-3,11H. The fourth-order valence-electron chi connectivity index (χ4n) is 1.20. The first-order valence-corrected chi connectivity index (χ1v) is 6.24. The van der Waals surface area contributed by atoms with Gasteiger partial charge in [0.2, 0.25) is 0 Å². The van der Waals surface area contributed by atoms with Gasteiger partial charge in [-0.05, 0) is 0 Å². The van der Waals surface area contributed by atoms with Crippen LogP contribution in [0.1, 0.15) is 0 Å². The Morgan fingerprint density at radius 2 is 2.07 bits per heavy atom. The number of pyridine rings is 1. The average molecular weight is 251 g/mol. The van der Waals surface area contributed by atoms with Crippen LogP contribution in [0.3, 0.4) is 0 Å². The minimum Gasteiger partial charge on any atom is -0.359 e. The molecule has 0 saturated carbocycles. The number of H-pyrrole nitrogens is 1. The predicted octanol–water partition coefficient (Wildman–Crippen LogP) is 2.14. The third-order valence-corrected chi connectivity index (χ3v) is 3.40. The van der Waals surface area contributed by atoms with E-state index in [1.54, 1.807) is 0 Å². The van der Waals surface area contributed by atoms with Gasteiger partial charge >= 0.3 is 0 Å². The molecular weight excluding hydrogens is 247 g/mol. The van der Waals surface area contributed by atoms with Crippen molar-refractivity contribution < 1.29 is 8.42 Å². The summed E-state index contributed by atoms with van der Waals surface area (Å²) in [6.45, 7) is 0. The molecule has 0 radical (unpaired) electrons. The smallest absolute Gasteiger partial charge is 0.263 e. The van der Waals surface area contributed by atoms with Crippen LogP contribution in [0.5, 0.6) is 0 Å². The molecule has 14 heavy (non-hydrogen) atoms. The van der Waals surface area contributed by atoms with Gasteiger partial charge in [-0.1, -0.05) is 11.6 Å². The molecule has 7 heteroatoms. The zero-order valence-corrected chi connectivity index (χ0v) is 8.99. The predicted molar refractivity (Wildman–Crippen MR) is 54.1 cm³/mol. The first-order valence-electron chi connectivity index (χ1n) is 3.55. The Morgan fingerprint density at radius 3 is 2.71 bits per heavy atom. The van der Waals surface area contributed by atoms with Crippen LogP contribution in [-0.2, 0) is 9.05 Å². The zero-order valence-electron chi connectivity index (χ0n) is 6.66. The molecule has 0 aliphatic heterocycles. The van der Waals surface area contributed by atoms with Gasteiger partial charge in [-0.15, -0.1) is 0 Å². The summed E-state index contributed by atoms with van der Waals surface area (Å²) < 4.78 is 22.3. The number of rotatable bonds is 1. The van der Waals surface area contributed by atoms with Crippen molar-refractivity contribution in [3.05, 3.63) is 23.6 Å². The molecule has 2 heterocycles. The van der Waals surface area contributed by atoms with Crippen molar-refractivity contribution in [3.8, 4) is 0 Å². The van der Waals surface area contributed by atoms with Gasteiger partial charge in [-0.3, -0.25) is 4.98 Å². The first kappa shape index (κ1) is 9.76. The van der Waals surface area contributed by atoms with Crippen LogP contribution in [-0.4, -0.2) is 18.4 Å². The molecule has 0 unspecified atom stereocenters. The Hall–Kier alpha value is -0.780. The highest BCUT2D eigenvalue weighted by Gasteiger charge is 2.18. The molecule has 2 aromatic rings. The van der Waals surface area contributed by atoms with Crippen LogP contribution in [0, 0.1) is 0 Å². The topological polar surface area (TPSA) is 62.8 Å². The summed E-state index contributed by atoms with van der Waals surface area (Å²) >= 11 is 5.80. The van der Waals surface area contributed by atoms with Gasteiger partial charge < -0.3 is 4.98 Å². The molecule has 0 atom stereocenters. The highest BCUT2D eigenvalue weighted by atomic mass is 35.7. The molecule has 74 valence electrons. The molecule has 0 fully saturated rings. The monoisotopic (exact) mass is 250 g/mol. The van der Waals surface area contributed by atoms with Gasteiger partial charge in [-0.2, -0.15) is 0 Å². The van der Waals surface area contributed by atoms with Gasteiger partial charge in [0.05, 0.1) is 16.7 Å². The van der Waals surface area contributed by atoms with E-state index in [-0.39, 0.29) is 9.92 Å². The molecular formula is C7H4Cl2N2O2S. The number of aromatic amines is 1. The second-order valence-corrected chi connectivity index (χ2v) is 5.58. The molecule has 0 saturated heterocycles. The van der Waals surface area contributed by atoms with E-state index >= 15 is 0 Å². The van der Waals surface area contributed by atoms with Gasteiger partial charge in [0.25, 0.3) is 9.05 Å². The maximum absolute atomic E-state index is 11.1. The summed E-state index contributed by atoms with van der Waals surface area (Å²) in [6.07, 6.45) is 4.14. The fourth-order valence-corrected chi connectivity index (χ4v) is 2.55. The molecule has 0 aromatic carbocycles. The van der Waals surface area contributed by atoms with Crippen molar-refractivity contribution in [2.24, 2.45) is 0 Å². The van der Waals surface area contributed by atoms with Crippen molar-refractivity contribution in [1.82, 2.24) is 9.97 Å². The lowest BCUT2D eigenvalue weighted by molar-refractivity contribution is 0.610. The van der Waals surface area contributed by atoms with E-state index in [0.29, 0.717) is 10.9 Å². The third kappa shape index (κ3) is 1.47. The number of nitrogens with zero attached hydrogens (tertiary/aromatic N) is 1. The zero-order chi connectivity index (χ0) is 10.3. The molecule has 4 nitrogen and oxygen atoms in total. The van der Waals surface area contributed by atoms with Crippen LogP contribution in [0.2, 0.25) is 5.02 Å². The van der Waals surface area contributed by atoms with E-state index in [1.165, 1.54) is 18.6 Å². The Labute approximate surface area is 89.3 Å². The van der Waals surface area contributed by atoms with Crippen molar-refractivity contribution in [1.29, 1.82) is 0 Å². The Morgan fingerprint density at radius 1 is 1.36 bits per heavy atom. The van der Waals surface area contributed by atoms with Crippen LogP contribution in [0.15, 0.2) is 23.5 Å². The molecule has 0 bridgehead atoms. The van der Waals surface area contributed by atoms with Crippen LogP contribution in [0.4, 0.5) is 0 Å². The lowest BCUT2D eigenvalue weighted by Crippen LogP contribution is -1.88. The number of nitrogens with one attached hydrogen (secondary N) is 1. The Bertz CT molecular complexity index is 591. The van der Waals surface area contributed by atoms with E-state index in [4.69, 9.17) is 22.3 Å². The number of fused-ring (bicyclic) bond motifs is 1. The SMILES string of the molecule is O=S(=O)(Cl)c1c[nH]c2cncc(Cl)c12. The van der Waals surface area contributed by atoms with E-state index in [0.717, 1.165) is 0 Å². The highest BCUT2D eigenvalue weighted by Crippen LogP contribution is 2.30. The van der Waals surface area contributed by atoms with Crippen molar-refractivity contribution >= 4 is 42.2 Å². The minimum absolute atomic E-state index is 0.0263.